The number of rotatable bonds is 5. The van der Waals surface area contributed by atoms with Gasteiger partial charge < -0.3 is 4.90 Å². The highest BCUT2D eigenvalue weighted by Crippen LogP contribution is 2.40. The molecule has 2 atom stereocenters. The summed E-state index contributed by atoms with van der Waals surface area (Å²) >= 11 is 6.24. The van der Waals surface area contributed by atoms with Gasteiger partial charge in [0, 0.05) is 24.5 Å². The maximum atomic E-state index is 13.6. The van der Waals surface area contributed by atoms with Crippen molar-refractivity contribution in [3.63, 3.8) is 0 Å². The normalized spacial score (nSPS) is 19.3. The molecule has 2 aliphatic heterocycles. The predicted molar refractivity (Wildman–Crippen MR) is 124 cm³/mol. The van der Waals surface area contributed by atoms with Gasteiger partial charge in [0.2, 0.25) is 5.95 Å². The van der Waals surface area contributed by atoms with E-state index in [2.05, 4.69) is 20.5 Å². The van der Waals surface area contributed by atoms with Gasteiger partial charge >= 0.3 is 6.18 Å². The number of hydrazone groups is 1. The van der Waals surface area contributed by atoms with E-state index in [0.717, 1.165) is 0 Å². The fourth-order valence-corrected chi connectivity index (χ4v) is 4.79. The summed E-state index contributed by atoms with van der Waals surface area (Å²) in [5.41, 5.74) is 4.05. The summed E-state index contributed by atoms with van der Waals surface area (Å²) in [6.07, 6.45) is -0.380. The summed E-state index contributed by atoms with van der Waals surface area (Å²) in [5.74, 6) is 1.12. The molecule has 0 aliphatic carbocycles. The summed E-state index contributed by atoms with van der Waals surface area (Å²) in [6.45, 7) is 3.46. The van der Waals surface area contributed by atoms with Gasteiger partial charge in [0.15, 0.2) is 5.82 Å². The van der Waals surface area contributed by atoms with Gasteiger partial charge in [-0.1, -0.05) is 18.5 Å². The van der Waals surface area contributed by atoms with Crippen molar-refractivity contribution in [2.45, 2.75) is 45.1 Å². The number of nitrogens with zero attached hydrogens (tertiary/aromatic N) is 7. The Labute approximate surface area is 203 Å². The number of fused-ring (bicyclic) bond motifs is 3. The molecule has 1 N–H and O–H groups in total. The Balaban J connectivity index is 1.62. The molecule has 4 heterocycles. The van der Waals surface area contributed by atoms with Gasteiger partial charge in [-0.2, -0.15) is 23.3 Å². The summed E-state index contributed by atoms with van der Waals surface area (Å²) in [7, 11) is 0. The van der Waals surface area contributed by atoms with E-state index in [1.165, 1.54) is 24.4 Å². The molecule has 0 radical (unpaired) electrons. The molecule has 35 heavy (non-hydrogen) atoms. The zero-order valence-corrected chi connectivity index (χ0v) is 19.5. The minimum absolute atomic E-state index is 0.158. The minimum atomic E-state index is -4.32. The second kappa shape index (κ2) is 8.67. The average Bonchev–Trinajstić information content (AvgIpc) is 3.43. The Kier molecular flexibility index (Phi) is 5.78. The number of aromatic nitrogens is 4. The molecule has 5 rings (SSSR count). The number of imidazole rings is 1. The Hall–Kier alpha value is -3.41. The molecule has 1 aromatic carbocycles. The lowest BCUT2D eigenvalue weighted by Crippen LogP contribution is -2.59. The van der Waals surface area contributed by atoms with Crippen LogP contribution < -0.4 is 15.2 Å². The molecule has 0 amide bonds. The summed E-state index contributed by atoms with van der Waals surface area (Å²) < 4.78 is 54.7. The number of anilines is 2. The lowest BCUT2D eigenvalue weighted by molar-refractivity contribution is -0.132. The Morgan fingerprint density at radius 2 is 2.00 bits per heavy atom. The van der Waals surface area contributed by atoms with Crippen molar-refractivity contribution in [1.29, 1.82) is 0 Å². The number of amidine groups is 1. The fourth-order valence-electron chi connectivity index (χ4n) is 4.53. The molecule has 8 nitrogen and oxygen atoms in total. The fraction of sp³-hybridized carbons (Fsp3) is 0.364. The van der Waals surface area contributed by atoms with Crippen molar-refractivity contribution in [2.24, 2.45) is 5.10 Å². The standard InChI is InChI=1S/C22H21ClF4N8/c1-3-16-20-32-31-12(2)35(20)17-11-29-21(30-19(17)33(16)8-6-22(25,26)27)34-9-7-28-18(34)14-5-4-13(24)10-15(14)23/h4-5,7,9-11,16,20,32H,3,6,8H2,1-2H3/t16-,20?/m1/s1. The molecule has 184 valence electrons. The maximum Gasteiger partial charge on any atom is 0.390 e. The molecular formula is C22H21ClF4N8. The smallest absolute Gasteiger partial charge is 0.347 e. The predicted octanol–water partition coefficient (Wildman–Crippen LogP) is 4.74. The summed E-state index contributed by atoms with van der Waals surface area (Å²) in [6, 6.07) is 3.62. The van der Waals surface area contributed by atoms with Crippen LogP contribution in [0.3, 0.4) is 0 Å². The molecule has 0 fully saturated rings. The van der Waals surface area contributed by atoms with Gasteiger partial charge in [0.1, 0.15) is 29.3 Å². The molecular weight excluding hydrogens is 488 g/mol. The first-order valence-corrected chi connectivity index (χ1v) is 11.3. The van der Waals surface area contributed by atoms with E-state index in [1.807, 2.05) is 18.7 Å². The Bertz CT molecular complexity index is 1290. The molecule has 0 saturated carbocycles. The molecule has 0 saturated heterocycles. The molecule has 2 aromatic heterocycles. The SMILES string of the molecule is CC[C@@H]1C2NN=C(C)N2c2cnc(-n3ccnc3-c3ccc(F)cc3Cl)nc2N1CCC(F)(F)F. The first-order chi connectivity index (χ1) is 16.7. The number of benzene rings is 1. The largest absolute Gasteiger partial charge is 0.390 e. The van der Waals surface area contributed by atoms with Crippen LogP contribution >= 0.6 is 11.6 Å². The highest BCUT2D eigenvalue weighted by molar-refractivity contribution is 6.33. The van der Waals surface area contributed by atoms with Crippen molar-refractivity contribution < 1.29 is 17.6 Å². The third-order valence-corrected chi connectivity index (χ3v) is 6.41. The molecule has 3 aromatic rings. The van der Waals surface area contributed by atoms with E-state index in [9.17, 15) is 17.6 Å². The van der Waals surface area contributed by atoms with Crippen molar-refractivity contribution in [1.82, 2.24) is 24.9 Å². The van der Waals surface area contributed by atoms with E-state index >= 15 is 0 Å². The average molecular weight is 509 g/mol. The van der Waals surface area contributed by atoms with Crippen LogP contribution in [0.2, 0.25) is 5.02 Å². The maximum absolute atomic E-state index is 13.6. The van der Waals surface area contributed by atoms with E-state index < -0.39 is 18.4 Å². The monoisotopic (exact) mass is 508 g/mol. The van der Waals surface area contributed by atoms with Crippen LogP contribution in [0.4, 0.5) is 29.1 Å². The summed E-state index contributed by atoms with van der Waals surface area (Å²) in [5, 5.41) is 4.45. The van der Waals surface area contributed by atoms with Gasteiger partial charge in [-0.3, -0.25) is 14.9 Å². The van der Waals surface area contributed by atoms with Crippen molar-refractivity contribution >= 4 is 28.9 Å². The zero-order valence-electron chi connectivity index (χ0n) is 18.8. The minimum Gasteiger partial charge on any atom is -0.347 e. The number of hydrogen-bond acceptors (Lipinski definition) is 7. The van der Waals surface area contributed by atoms with Crippen LogP contribution in [0.25, 0.3) is 17.3 Å². The van der Waals surface area contributed by atoms with Gasteiger partial charge in [-0.15, -0.1) is 0 Å². The van der Waals surface area contributed by atoms with E-state index in [4.69, 9.17) is 16.6 Å². The highest BCUT2D eigenvalue weighted by Gasteiger charge is 2.44. The first-order valence-electron chi connectivity index (χ1n) is 11.0. The second-order valence-electron chi connectivity index (χ2n) is 8.26. The molecule has 13 heteroatoms. The van der Waals surface area contributed by atoms with Crippen LogP contribution in [-0.2, 0) is 0 Å². The molecule has 0 spiro atoms. The van der Waals surface area contributed by atoms with Gasteiger partial charge in [0.05, 0.1) is 23.7 Å². The van der Waals surface area contributed by atoms with E-state index in [-0.39, 0.29) is 29.7 Å². The Morgan fingerprint density at radius 1 is 1.20 bits per heavy atom. The topological polar surface area (TPSA) is 74.5 Å². The third kappa shape index (κ3) is 4.15. The number of alkyl halides is 3. The van der Waals surface area contributed by atoms with Crippen LogP contribution in [0.5, 0.6) is 0 Å². The van der Waals surface area contributed by atoms with Crippen LogP contribution in [0, 0.1) is 5.82 Å². The molecule has 0 bridgehead atoms. The van der Waals surface area contributed by atoms with Crippen LogP contribution in [-0.4, -0.2) is 50.3 Å². The summed E-state index contributed by atoms with van der Waals surface area (Å²) in [4.78, 5) is 17.1. The van der Waals surface area contributed by atoms with Crippen molar-refractivity contribution in [3.8, 4) is 17.3 Å². The Morgan fingerprint density at radius 3 is 2.71 bits per heavy atom. The lowest BCUT2D eigenvalue weighted by atomic mass is 10.0. The zero-order chi connectivity index (χ0) is 24.9. The van der Waals surface area contributed by atoms with Gasteiger partial charge in [0.25, 0.3) is 0 Å². The number of nitrogens with one attached hydrogen (secondary N) is 1. The van der Waals surface area contributed by atoms with E-state index in [1.54, 1.807) is 21.9 Å². The quantitative estimate of drug-likeness (QED) is 0.502. The van der Waals surface area contributed by atoms with Crippen LogP contribution in [0.15, 0.2) is 41.9 Å². The van der Waals surface area contributed by atoms with Gasteiger partial charge in [-0.25, -0.2) is 14.4 Å². The first kappa shape index (κ1) is 23.3. The molecule has 1 unspecified atom stereocenters. The number of halogens is 5. The lowest BCUT2D eigenvalue weighted by Gasteiger charge is -2.45. The van der Waals surface area contributed by atoms with Gasteiger partial charge in [-0.05, 0) is 31.5 Å². The van der Waals surface area contributed by atoms with Crippen molar-refractivity contribution in [2.75, 3.05) is 16.3 Å². The second-order valence-corrected chi connectivity index (χ2v) is 8.67. The highest BCUT2D eigenvalue weighted by atomic mass is 35.5. The van der Waals surface area contributed by atoms with Crippen molar-refractivity contribution in [3.05, 3.63) is 47.6 Å². The molecule has 2 aliphatic rings. The number of hydrogen-bond donors (Lipinski definition) is 1. The third-order valence-electron chi connectivity index (χ3n) is 6.10. The van der Waals surface area contributed by atoms with Crippen LogP contribution in [0.1, 0.15) is 26.7 Å². The van der Waals surface area contributed by atoms with E-state index in [0.29, 0.717) is 35.1 Å².